The van der Waals surface area contributed by atoms with E-state index in [9.17, 15) is 48.9 Å². The van der Waals surface area contributed by atoms with Gasteiger partial charge in [-0.25, -0.2) is 38.7 Å². The van der Waals surface area contributed by atoms with E-state index in [-0.39, 0.29) is 77.8 Å². The fourth-order valence-corrected chi connectivity index (χ4v) is 8.82. The molecule has 29 heteroatoms. The summed E-state index contributed by atoms with van der Waals surface area (Å²) in [6, 6.07) is 11.9. The van der Waals surface area contributed by atoms with Gasteiger partial charge in [-0.05, 0) is 165 Å². The van der Waals surface area contributed by atoms with Crippen molar-refractivity contribution in [3.8, 4) is 40.5 Å². The first kappa shape index (κ1) is 74.4. The summed E-state index contributed by atoms with van der Waals surface area (Å²) in [6.45, 7) is 21.5. The molecule has 27 nitrogen and oxygen atoms in total. The molecule has 494 valence electrons. The van der Waals surface area contributed by atoms with Gasteiger partial charge >= 0.3 is 36.3 Å². The molecule has 0 radical (unpaired) electrons. The number of pyridine rings is 1. The number of hydrogen-bond acceptors (Lipinski definition) is 22. The number of nitrogens with one attached hydrogen (secondary N) is 6. The van der Waals surface area contributed by atoms with Crippen LogP contribution in [0.3, 0.4) is 0 Å². The minimum atomic E-state index is -1.42. The number of hydrogen-bond donors (Lipinski definition) is 7. The first-order valence-electron chi connectivity index (χ1n) is 29.0. The SMILES string of the molecule is C[C@H](NC(=O)[C@H](CCCNC(=O)OC(C)(C)C)NC(=O)OC(C)(C)C)C(=O)OC[C@H](COc1ccc(-c2c(C#N)c(N)nc(SCc3coc(-c4ccc(Cl)cc4)n3)c2C#N)cc1)OC(=O)[C@H](C)NC(=O)[C@H](CCCNC(=O)OC(C)(C)C)NC(=O)OC(C)(C)C. The van der Waals surface area contributed by atoms with Crippen LogP contribution in [0.25, 0.3) is 22.6 Å². The number of anilines is 1. The quantitative estimate of drug-likeness (QED) is 0.0127. The van der Waals surface area contributed by atoms with E-state index in [4.69, 9.17) is 54.9 Å². The van der Waals surface area contributed by atoms with Crippen molar-refractivity contribution >= 4 is 77.3 Å². The van der Waals surface area contributed by atoms with Crippen LogP contribution < -0.4 is 42.4 Å². The molecule has 0 saturated carbocycles. The number of alkyl carbamates (subject to hydrolysis) is 4. The van der Waals surface area contributed by atoms with Gasteiger partial charge in [-0.2, -0.15) is 10.5 Å². The summed E-state index contributed by atoms with van der Waals surface area (Å²) in [5, 5.41) is 36.7. The predicted octanol–water partition coefficient (Wildman–Crippen LogP) is 8.91. The second kappa shape index (κ2) is 33.7. The second-order valence-corrected chi connectivity index (χ2v) is 26.0. The third-order valence-electron chi connectivity index (χ3n) is 11.8. The molecule has 8 N–H and O–H groups in total. The van der Waals surface area contributed by atoms with Gasteiger partial charge in [0.25, 0.3) is 0 Å². The number of oxazole rings is 1. The minimum absolute atomic E-state index is 0.0230. The average Bonchev–Trinajstić information content (AvgIpc) is 0.972. The molecule has 0 fully saturated rings. The summed E-state index contributed by atoms with van der Waals surface area (Å²) in [5.74, 6) is -3.10. The highest BCUT2D eigenvalue weighted by atomic mass is 35.5. The zero-order valence-electron chi connectivity index (χ0n) is 53.6. The fourth-order valence-electron chi connectivity index (χ4n) is 7.83. The third-order valence-corrected chi connectivity index (χ3v) is 13.1. The molecule has 5 atom stereocenters. The molecular formula is C62H82ClN11O16S. The molecule has 0 aliphatic heterocycles. The van der Waals surface area contributed by atoms with Crippen LogP contribution in [0.1, 0.15) is 139 Å². The van der Waals surface area contributed by atoms with Gasteiger partial charge in [-0.15, -0.1) is 0 Å². The van der Waals surface area contributed by atoms with E-state index in [0.717, 1.165) is 11.8 Å². The Morgan fingerprint density at radius 2 is 1.08 bits per heavy atom. The first-order valence-corrected chi connectivity index (χ1v) is 30.4. The summed E-state index contributed by atoms with van der Waals surface area (Å²) in [5.41, 5.74) is 4.69. The lowest BCUT2D eigenvalue weighted by molar-refractivity contribution is -0.163. The highest BCUT2D eigenvalue weighted by Gasteiger charge is 2.32. The van der Waals surface area contributed by atoms with Gasteiger partial charge in [0.05, 0.1) is 11.3 Å². The maximum atomic E-state index is 13.9. The number of thioether (sulfide) groups is 1. The summed E-state index contributed by atoms with van der Waals surface area (Å²) >= 11 is 7.19. The molecular weight excluding hydrogens is 1220 g/mol. The number of nitrogens with zero attached hydrogens (tertiary/aromatic N) is 4. The van der Waals surface area contributed by atoms with Gasteiger partial charge < -0.3 is 75.2 Å². The molecule has 4 rings (SSSR count). The van der Waals surface area contributed by atoms with Crippen molar-refractivity contribution in [1.82, 2.24) is 41.9 Å². The summed E-state index contributed by atoms with van der Waals surface area (Å²) < 4.78 is 44.4. The second-order valence-electron chi connectivity index (χ2n) is 24.6. The van der Waals surface area contributed by atoms with Gasteiger partial charge in [0.2, 0.25) is 17.7 Å². The van der Waals surface area contributed by atoms with Gasteiger partial charge in [-0.3, -0.25) is 9.59 Å². The molecule has 0 unspecified atom stereocenters. The molecule has 0 saturated heterocycles. The van der Waals surface area contributed by atoms with Gasteiger partial charge in [0.15, 0.2) is 6.10 Å². The molecule has 0 bridgehead atoms. The number of carbonyl (C=O) groups excluding carboxylic acids is 8. The predicted molar refractivity (Wildman–Crippen MR) is 335 cm³/mol. The Labute approximate surface area is 538 Å². The molecule has 91 heavy (non-hydrogen) atoms. The van der Waals surface area contributed by atoms with E-state index in [1.165, 1.54) is 32.2 Å². The summed E-state index contributed by atoms with van der Waals surface area (Å²) in [7, 11) is 0. The first-order chi connectivity index (χ1) is 42.4. The third kappa shape index (κ3) is 26.9. The van der Waals surface area contributed by atoms with Crippen LogP contribution in [-0.4, -0.2) is 137 Å². The van der Waals surface area contributed by atoms with Crippen LogP contribution in [-0.2, 0) is 53.4 Å². The molecule has 4 aromatic rings. The van der Waals surface area contributed by atoms with E-state index in [2.05, 4.69) is 47.9 Å². The Morgan fingerprint density at radius 1 is 0.615 bits per heavy atom. The molecule has 2 aromatic heterocycles. The van der Waals surface area contributed by atoms with Gasteiger partial charge in [-0.1, -0.05) is 35.5 Å². The number of carbonyl (C=O) groups is 8. The highest BCUT2D eigenvalue weighted by molar-refractivity contribution is 7.98. The molecule has 0 aliphatic carbocycles. The number of rotatable bonds is 27. The maximum absolute atomic E-state index is 13.9. The largest absolute Gasteiger partial charge is 0.490 e. The van der Waals surface area contributed by atoms with Crippen molar-refractivity contribution in [2.75, 3.05) is 32.0 Å². The number of amides is 6. The average molecular weight is 1300 g/mol. The van der Waals surface area contributed by atoms with Gasteiger partial charge in [0.1, 0.15) is 100 Å². The Kier molecular flexibility index (Phi) is 27.6. The number of nitrogens with two attached hydrogens (primary N) is 1. The lowest BCUT2D eigenvalue weighted by atomic mass is 9.97. The smallest absolute Gasteiger partial charge is 0.408 e. The zero-order valence-corrected chi connectivity index (χ0v) is 55.2. The van der Waals surface area contributed by atoms with E-state index in [1.54, 1.807) is 119 Å². The Bertz CT molecular complexity index is 3270. The van der Waals surface area contributed by atoms with Crippen molar-refractivity contribution in [3.63, 3.8) is 0 Å². The number of halogens is 1. The number of benzene rings is 2. The van der Waals surface area contributed by atoms with Gasteiger partial charge in [0, 0.05) is 35.0 Å². The Morgan fingerprint density at radius 3 is 1.55 bits per heavy atom. The fraction of sp³-hybridized carbons (Fsp3) is 0.516. The van der Waals surface area contributed by atoms with Crippen molar-refractivity contribution in [3.05, 3.63) is 76.6 Å². The maximum Gasteiger partial charge on any atom is 0.408 e. The monoisotopic (exact) mass is 1300 g/mol. The molecule has 2 aromatic carbocycles. The highest BCUT2D eigenvalue weighted by Crippen LogP contribution is 2.37. The van der Waals surface area contributed by atoms with Crippen molar-refractivity contribution in [2.45, 2.75) is 186 Å². The van der Waals surface area contributed by atoms with E-state index >= 15 is 0 Å². The lowest BCUT2D eigenvalue weighted by Gasteiger charge is -2.25. The number of nitrogen functional groups attached to an aromatic ring is 1. The van der Waals surface area contributed by atoms with Crippen LogP contribution in [0.5, 0.6) is 5.75 Å². The number of aromatic nitrogens is 2. The summed E-state index contributed by atoms with van der Waals surface area (Å²) in [4.78, 5) is 114. The van der Waals surface area contributed by atoms with Crippen LogP contribution in [0.15, 0.2) is 64.2 Å². The van der Waals surface area contributed by atoms with E-state index in [0.29, 0.717) is 27.7 Å². The van der Waals surface area contributed by atoms with Crippen LogP contribution in [0.4, 0.5) is 25.0 Å². The number of nitriles is 2. The zero-order chi connectivity index (χ0) is 68.0. The Hall–Kier alpha value is -9.02. The minimum Gasteiger partial charge on any atom is -0.490 e. The van der Waals surface area contributed by atoms with Crippen LogP contribution >= 0.6 is 23.4 Å². The standard InChI is InChI=1S/C62H82ClN11O16S/c1-35(69-49(75)45(72-57(81)89-61(9,10)11)17-15-27-67-55(79)87-59(3,4)5)53(77)85-33-42(86-54(78)36(2)70-50(76)46(73-58(82)90-62(12,13)14)18-16-28-68-56(80)88-60(6,7)8)32-83-41-25-21-37(22-26-41)47-43(29-64)48(66)74-52(44(47)30-65)91-34-40-31-84-51(71-40)38-19-23-39(63)24-20-38/h19-26,31,35-36,42,45-46H,15-18,27-28,32-34H2,1-14H3,(H2,66,74)(H,67,79)(H,68,80)(H,69,75)(H,70,76)(H,72,81)(H,73,82)/t35-,36-,42-,45-,46-/m0/s1. The number of esters is 2. The van der Waals surface area contributed by atoms with Crippen molar-refractivity contribution in [2.24, 2.45) is 0 Å². The van der Waals surface area contributed by atoms with E-state index in [1.807, 2.05) is 6.07 Å². The Balaban J connectivity index is 1.57. The van der Waals surface area contributed by atoms with E-state index < -0.39 is 114 Å². The van der Waals surface area contributed by atoms with Crippen LogP contribution in [0.2, 0.25) is 5.02 Å². The van der Waals surface area contributed by atoms with Crippen molar-refractivity contribution in [1.29, 1.82) is 10.5 Å². The topological polar surface area (TPSA) is 386 Å². The summed E-state index contributed by atoms with van der Waals surface area (Å²) in [6.07, 6.45) is -2.91. The molecule has 0 aliphatic rings. The molecule has 0 spiro atoms. The normalized spacial score (nSPS) is 13.2. The number of ether oxygens (including phenoxy) is 7. The lowest BCUT2D eigenvalue weighted by Crippen LogP contribution is -2.52. The molecule has 6 amide bonds. The van der Waals surface area contributed by atoms with Crippen LogP contribution in [0, 0.1) is 22.7 Å². The van der Waals surface area contributed by atoms with Crippen molar-refractivity contribution < 1.29 is 75.9 Å². The molecule has 2 heterocycles.